The average Bonchev–Trinajstić information content (AvgIpc) is 3.06. The van der Waals surface area contributed by atoms with E-state index in [2.05, 4.69) is 53.7 Å². The zero-order chi connectivity index (χ0) is 21.7. The van der Waals surface area contributed by atoms with Gasteiger partial charge >= 0.3 is 0 Å². The van der Waals surface area contributed by atoms with Crippen molar-refractivity contribution in [3.63, 3.8) is 0 Å². The van der Waals surface area contributed by atoms with E-state index in [0.29, 0.717) is 28.4 Å². The fourth-order valence-corrected chi connectivity index (χ4v) is 9.23. The highest BCUT2D eigenvalue weighted by Gasteiger charge is 2.60. The van der Waals surface area contributed by atoms with Crippen molar-refractivity contribution in [1.82, 2.24) is 0 Å². The molecule has 1 heteroatoms. The fourth-order valence-electron chi connectivity index (χ4n) is 9.23. The Morgan fingerprint density at radius 3 is 2.37 bits per heavy atom. The molecular weight excluding hydrogens is 364 g/mol. The Morgan fingerprint density at radius 1 is 0.933 bits per heavy atom. The molecule has 4 aliphatic rings. The van der Waals surface area contributed by atoms with Crippen LogP contribution in [-0.2, 0) is 4.79 Å². The lowest BCUT2D eigenvalue weighted by Gasteiger charge is -2.60. The van der Waals surface area contributed by atoms with E-state index in [4.69, 9.17) is 0 Å². The lowest BCUT2D eigenvalue weighted by atomic mass is 9.44. The van der Waals surface area contributed by atoms with Crippen LogP contribution in [0.25, 0.3) is 0 Å². The van der Waals surface area contributed by atoms with E-state index in [1.165, 1.54) is 51.4 Å². The average molecular weight is 413 g/mol. The van der Waals surface area contributed by atoms with Gasteiger partial charge in [0.15, 0.2) is 0 Å². The third kappa shape index (κ3) is 3.65. The molecule has 4 rings (SSSR count). The molecule has 0 bridgehead atoms. The van der Waals surface area contributed by atoms with Crippen molar-refractivity contribution in [3.05, 3.63) is 12.2 Å². The third-order valence-corrected chi connectivity index (χ3v) is 11.2. The summed E-state index contributed by atoms with van der Waals surface area (Å²) in [6.45, 7) is 14.8. The van der Waals surface area contributed by atoms with Crippen molar-refractivity contribution >= 4 is 5.78 Å². The zero-order valence-corrected chi connectivity index (χ0v) is 20.8. The molecule has 4 saturated carbocycles. The second-order valence-corrected chi connectivity index (χ2v) is 12.7. The minimum absolute atomic E-state index is 0.452. The monoisotopic (exact) mass is 412 g/mol. The van der Waals surface area contributed by atoms with Gasteiger partial charge in [-0.1, -0.05) is 53.7 Å². The Bertz CT molecular complexity index is 661. The molecule has 4 aliphatic carbocycles. The van der Waals surface area contributed by atoms with Gasteiger partial charge in [0.25, 0.3) is 0 Å². The highest BCUT2D eigenvalue weighted by molar-refractivity contribution is 5.79. The number of rotatable bonds is 5. The molecule has 0 aromatic rings. The largest absolute Gasteiger partial charge is 0.300 e. The van der Waals surface area contributed by atoms with Gasteiger partial charge in [0.2, 0.25) is 0 Å². The smallest absolute Gasteiger partial charge is 0.133 e. The highest BCUT2D eigenvalue weighted by Crippen LogP contribution is 2.68. The molecule has 0 unspecified atom stereocenters. The quantitative estimate of drug-likeness (QED) is 0.417. The maximum absolute atomic E-state index is 12.1. The molecule has 9 atom stereocenters. The maximum Gasteiger partial charge on any atom is 0.133 e. The van der Waals surface area contributed by atoms with E-state index < -0.39 is 0 Å². The first-order chi connectivity index (χ1) is 14.2. The van der Waals surface area contributed by atoms with Crippen LogP contribution in [0, 0.1) is 58.2 Å². The molecule has 0 aromatic heterocycles. The van der Waals surface area contributed by atoms with Gasteiger partial charge in [-0.3, -0.25) is 4.79 Å². The van der Waals surface area contributed by atoms with Crippen LogP contribution >= 0.6 is 0 Å². The molecule has 0 aromatic carbocycles. The second-order valence-electron chi connectivity index (χ2n) is 12.7. The van der Waals surface area contributed by atoms with Crippen molar-refractivity contribution in [2.45, 2.75) is 106 Å². The van der Waals surface area contributed by atoms with Crippen molar-refractivity contribution in [3.8, 4) is 0 Å². The number of ketones is 1. The Balaban J connectivity index is 1.50. The first-order valence-electron chi connectivity index (χ1n) is 13.4. The SMILES string of the molecule is CC[C@H](/C=C/[C@@H](C)[C@H]1CC[C@H]2[C@@H]3CC[C@H]4CC(=O)CC[C@]4(C)[C@H]3CC[C@]12C)C(C)C. The van der Waals surface area contributed by atoms with Gasteiger partial charge in [-0.2, -0.15) is 0 Å². The van der Waals surface area contributed by atoms with Gasteiger partial charge in [-0.05, 0) is 110 Å². The fraction of sp³-hybridized carbons (Fsp3) is 0.897. The van der Waals surface area contributed by atoms with Crippen LogP contribution in [0.2, 0.25) is 0 Å². The lowest BCUT2D eigenvalue weighted by Crippen LogP contribution is -2.53. The summed E-state index contributed by atoms with van der Waals surface area (Å²) in [6.07, 6.45) is 17.8. The Hall–Kier alpha value is -0.590. The molecule has 0 saturated heterocycles. The lowest BCUT2D eigenvalue weighted by molar-refractivity contribution is -0.140. The standard InChI is InChI=1S/C29H48O/c1-7-21(19(2)3)9-8-20(4)25-12-13-26-24-11-10-22-18-23(30)14-16-28(22,5)27(24)15-17-29(25,26)6/h8-9,19-22,24-27H,7,10-18H2,1-6H3/b9-8+/t20-,21-,22+,24+,25-,26+,27+,28+,29-/m1/s1. The molecule has 0 N–H and O–H groups in total. The maximum atomic E-state index is 12.1. The number of fused-ring (bicyclic) bond motifs is 5. The predicted molar refractivity (Wildman–Crippen MR) is 127 cm³/mol. The number of carbonyl (C=O) groups is 1. The Labute approximate surface area is 186 Å². The van der Waals surface area contributed by atoms with E-state index in [0.717, 1.165) is 48.3 Å². The molecule has 0 heterocycles. The number of allylic oxidation sites excluding steroid dienone is 2. The molecule has 0 spiro atoms. The highest BCUT2D eigenvalue weighted by atomic mass is 16.1. The first-order valence-corrected chi connectivity index (χ1v) is 13.4. The van der Waals surface area contributed by atoms with Crippen molar-refractivity contribution in [1.29, 1.82) is 0 Å². The summed E-state index contributed by atoms with van der Waals surface area (Å²) in [4.78, 5) is 12.1. The predicted octanol–water partition coefficient (Wildman–Crippen LogP) is 8.09. The van der Waals surface area contributed by atoms with E-state index in [9.17, 15) is 4.79 Å². The molecule has 30 heavy (non-hydrogen) atoms. The first kappa shape index (κ1) is 22.6. The number of Topliss-reactive ketones (excluding diaryl/α,β-unsaturated/α-hetero) is 1. The summed E-state index contributed by atoms with van der Waals surface area (Å²) in [5, 5.41) is 0. The topological polar surface area (TPSA) is 17.1 Å². The molecule has 0 aliphatic heterocycles. The van der Waals surface area contributed by atoms with Gasteiger partial charge in [0.05, 0.1) is 0 Å². The normalized spacial score (nSPS) is 45.8. The van der Waals surface area contributed by atoms with Crippen LogP contribution in [0.5, 0.6) is 0 Å². The Kier molecular flexibility index (Phi) is 6.33. The molecule has 1 nitrogen and oxygen atoms in total. The van der Waals surface area contributed by atoms with Gasteiger partial charge in [-0.15, -0.1) is 0 Å². The van der Waals surface area contributed by atoms with Crippen LogP contribution in [0.15, 0.2) is 12.2 Å². The summed E-state index contributed by atoms with van der Waals surface area (Å²) < 4.78 is 0. The summed E-state index contributed by atoms with van der Waals surface area (Å²) >= 11 is 0. The minimum Gasteiger partial charge on any atom is -0.300 e. The number of hydrogen-bond acceptors (Lipinski definition) is 1. The molecule has 170 valence electrons. The second kappa shape index (κ2) is 8.40. The van der Waals surface area contributed by atoms with Gasteiger partial charge < -0.3 is 0 Å². The molecule has 0 radical (unpaired) electrons. The zero-order valence-electron chi connectivity index (χ0n) is 20.8. The van der Waals surface area contributed by atoms with E-state index >= 15 is 0 Å². The molecule has 0 amide bonds. The third-order valence-electron chi connectivity index (χ3n) is 11.2. The molecule has 4 fully saturated rings. The summed E-state index contributed by atoms with van der Waals surface area (Å²) in [5.74, 6) is 7.04. The van der Waals surface area contributed by atoms with E-state index in [1.807, 2.05) is 0 Å². The number of hydrogen-bond donors (Lipinski definition) is 0. The van der Waals surface area contributed by atoms with Crippen LogP contribution in [0.1, 0.15) is 106 Å². The molecular formula is C29H48O. The van der Waals surface area contributed by atoms with Crippen LogP contribution in [0.4, 0.5) is 0 Å². The van der Waals surface area contributed by atoms with Crippen molar-refractivity contribution in [2.24, 2.45) is 58.2 Å². The van der Waals surface area contributed by atoms with Gasteiger partial charge in [0, 0.05) is 12.8 Å². The Morgan fingerprint density at radius 2 is 1.67 bits per heavy atom. The van der Waals surface area contributed by atoms with E-state index in [1.54, 1.807) is 0 Å². The van der Waals surface area contributed by atoms with Crippen LogP contribution < -0.4 is 0 Å². The number of carbonyl (C=O) groups excluding carboxylic acids is 1. The van der Waals surface area contributed by atoms with Crippen LogP contribution in [-0.4, -0.2) is 5.78 Å². The summed E-state index contributed by atoms with van der Waals surface area (Å²) in [7, 11) is 0. The van der Waals surface area contributed by atoms with Gasteiger partial charge in [0.1, 0.15) is 5.78 Å². The minimum atomic E-state index is 0.452. The summed E-state index contributed by atoms with van der Waals surface area (Å²) in [6, 6.07) is 0. The van der Waals surface area contributed by atoms with Crippen molar-refractivity contribution < 1.29 is 4.79 Å². The summed E-state index contributed by atoms with van der Waals surface area (Å²) in [5.41, 5.74) is 0.992. The van der Waals surface area contributed by atoms with Gasteiger partial charge in [-0.25, -0.2) is 0 Å². The van der Waals surface area contributed by atoms with Crippen LogP contribution in [0.3, 0.4) is 0 Å². The van der Waals surface area contributed by atoms with Crippen molar-refractivity contribution in [2.75, 3.05) is 0 Å². The van der Waals surface area contributed by atoms with E-state index in [-0.39, 0.29) is 0 Å².